The molecule has 0 saturated carbocycles. The van der Waals surface area contributed by atoms with Crippen LogP contribution in [-0.2, 0) is 0 Å². The first-order chi connectivity index (χ1) is 10.8. The molecule has 12 heteroatoms. The largest absolute Gasteiger partial charge is 0.496 e. The van der Waals surface area contributed by atoms with Gasteiger partial charge in [-0.25, -0.2) is 20.5 Å². The molecule has 1 aromatic carbocycles. The minimum Gasteiger partial charge on any atom is -0.496 e. The highest BCUT2D eigenvalue weighted by atomic mass is 35.5. The summed E-state index contributed by atoms with van der Waals surface area (Å²) < 4.78 is 5.00. The molecule has 23 heavy (non-hydrogen) atoms. The Kier molecular flexibility index (Phi) is 6.35. The van der Waals surface area contributed by atoms with Gasteiger partial charge in [-0.1, -0.05) is 11.6 Å². The zero-order chi connectivity index (χ0) is 17.6. The number of carbonyl (C=O) groups is 1. The summed E-state index contributed by atoms with van der Waals surface area (Å²) >= 11 is 5.85. The number of aliphatic imine (C=N–C) groups is 1. The summed E-state index contributed by atoms with van der Waals surface area (Å²) in [5.74, 6) is -1.33. The van der Waals surface area contributed by atoms with E-state index in [0.29, 0.717) is 0 Å². The highest BCUT2D eigenvalue weighted by molar-refractivity contribution is 6.33. The highest BCUT2D eigenvalue weighted by Gasteiger charge is 2.25. The van der Waals surface area contributed by atoms with E-state index >= 15 is 0 Å². The smallest absolute Gasteiger partial charge is 0.281 e. The summed E-state index contributed by atoms with van der Waals surface area (Å²) in [4.78, 5) is 26.8. The van der Waals surface area contributed by atoms with Crippen molar-refractivity contribution in [1.29, 1.82) is 0 Å². The Morgan fingerprint density at radius 2 is 2.22 bits per heavy atom. The van der Waals surface area contributed by atoms with E-state index in [0.717, 1.165) is 0 Å². The van der Waals surface area contributed by atoms with Crippen LogP contribution in [0.4, 0.5) is 5.69 Å². The molecular weight excluding hydrogens is 330 g/mol. The first-order valence-electron chi connectivity index (χ1n) is 6.20. The Balaban J connectivity index is 3.09. The highest BCUT2D eigenvalue weighted by Crippen LogP contribution is 2.28. The predicted molar refractivity (Wildman–Crippen MR) is 84.3 cm³/mol. The van der Waals surface area contributed by atoms with Gasteiger partial charge in [0.15, 0.2) is 5.03 Å². The van der Waals surface area contributed by atoms with E-state index in [1.165, 1.54) is 19.2 Å². The molecule has 0 atom stereocenters. The number of hydrogen-bond acceptors (Lipinski definition) is 7. The van der Waals surface area contributed by atoms with Gasteiger partial charge in [-0.3, -0.25) is 4.79 Å². The molecule has 0 aromatic heterocycles. The number of nitrogens with one attached hydrogen (secondary N) is 1. The molecule has 0 aliphatic rings. The number of nitrogen functional groups attached to an aromatic ring is 1. The molecule has 1 amide bonds. The number of amides is 1. The van der Waals surface area contributed by atoms with Crippen molar-refractivity contribution in [2.24, 2.45) is 16.5 Å². The van der Waals surface area contributed by atoms with E-state index in [2.05, 4.69) is 4.99 Å². The van der Waals surface area contributed by atoms with Gasteiger partial charge >= 0.3 is 0 Å². The third-order valence-corrected chi connectivity index (χ3v) is 2.88. The zero-order valence-electron chi connectivity index (χ0n) is 12.2. The number of hydrazine groups is 2. The molecular formula is C11H16ClN7O4. The summed E-state index contributed by atoms with van der Waals surface area (Å²) in [6.07, 6.45) is 0. The fourth-order valence-corrected chi connectivity index (χ4v) is 1.66. The van der Waals surface area contributed by atoms with Crippen LogP contribution in [0.1, 0.15) is 10.4 Å². The van der Waals surface area contributed by atoms with Gasteiger partial charge in [0, 0.05) is 17.7 Å². The Morgan fingerprint density at radius 1 is 1.57 bits per heavy atom. The van der Waals surface area contributed by atoms with Gasteiger partial charge in [-0.15, -0.1) is 0 Å². The molecule has 7 N–H and O–H groups in total. The number of nitrogens with zero attached hydrogens (tertiary/aromatic N) is 3. The van der Waals surface area contributed by atoms with E-state index in [9.17, 15) is 14.9 Å². The normalized spacial score (nSPS) is 11.0. The van der Waals surface area contributed by atoms with E-state index in [1.807, 2.05) is 5.43 Å². The lowest BCUT2D eigenvalue weighted by Gasteiger charge is -2.15. The minimum absolute atomic E-state index is 0.0586. The monoisotopic (exact) mass is 345 g/mol. The maximum Gasteiger partial charge on any atom is 0.281 e. The third-order valence-electron chi connectivity index (χ3n) is 2.55. The molecule has 0 spiro atoms. The fourth-order valence-electron chi connectivity index (χ4n) is 1.50. The second kappa shape index (κ2) is 8.00. The van der Waals surface area contributed by atoms with Crippen molar-refractivity contribution in [3.05, 3.63) is 32.8 Å². The quantitative estimate of drug-likeness (QED) is 0.179. The number of ether oxygens (including phenoxy) is 1. The van der Waals surface area contributed by atoms with E-state index in [4.69, 9.17) is 33.5 Å². The molecule has 126 valence electrons. The van der Waals surface area contributed by atoms with Gasteiger partial charge in [0.1, 0.15) is 5.75 Å². The maximum atomic E-state index is 12.2. The molecule has 0 radical (unpaired) electrons. The van der Waals surface area contributed by atoms with Crippen LogP contribution in [0.3, 0.4) is 0 Å². The lowest BCUT2D eigenvalue weighted by atomic mass is 10.1. The average Bonchev–Trinajstić information content (AvgIpc) is 2.51. The van der Waals surface area contributed by atoms with Crippen LogP contribution in [0.15, 0.2) is 17.1 Å². The fraction of sp³-hybridized carbons (Fsp3) is 0.273. The van der Waals surface area contributed by atoms with Crippen LogP contribution in [0.2, 0.25) is 5.02 Å². The van der Waals surface area contributed by atoms with Crippen molar-refractivity contribution < 1.29 is 14.6 Å². The van der Waals surface area contributed by atoms with Crippen LogP contribution in [-0.4, -0.2) is 42.2 Å². The molecule has 0 unspecified atom stereocenters. The first kappa shape index (κ1) is 18.3. The Hall–Kier alpha value is -2.79. The van der Waals surface area contributed by atoms with Gasteiger partial charge in [0.25, 0.3) is 11.9 Å². The number of nitro groups is 1. The average molecular weight is 346 g/mol. The SMILES string of the molecule is COc1cc(N)c(Cl)cc1C(=O)NN(C(N)=NCCN)[N+](=O)[O-]. The molecule has 1 aromatic rings. The lowest BCUT2D eigenvalue weighted by Crippen LogP contribution is -2.53. The van der Waals surface area contributed by atoms with E-state index < -0.39 is 16.9 Å². The van der Waals surface area contributed by atoms with Crippen LogP contribution in [0, 0.1) is 10.1 Å². The van der Waals surface area contributed by atoms with Gasteiger partial charge in [0.2, 0.25) is 0 Å². The van der Waals surface area contributed by atoms with Gasteiger partial charge in [0.05, 0.1) is 29.9 Å². The Morgan fingerprint density at radius 3 is 2.74 bits per heavy atom. The number of anilines is 1. The number of hydrogen-bond donors (Lipinski definition) is 4. The number of nitrogens with two attached hydrogens (primary N) is 3. The maximum absolute atomic E-state index is 12.2. The van der Waals surface area contributed by atoms with Crippen LogP contribution in [0.25, 0.3) is 0 Å². The van der Waals surface area contributed by atoms with Crippen LogP contribution >= 0.6 is 11.6 Å². The molecule has 0 heterocycles. The molecule has 0 bridgehead atoms. The summed E-state index contributed by atoms with van der Waals surface area (Å²) in [6.45, 7) is 0.199. The second-order valence-corrected chi connectivity index (χ2v) is 4.50. The summed E-state index contributed by atoms with van der Waals surface area (Å²) in [7, 11) is 1.31. The van der Waals surface area contributed by atoms with Crippen molar-refractivity contribution in [3.8, 4) is 5.75 Å². The van der Waals surface area contributed by atoms with E-state index in [1.54, 1.807) is 0 Å². The number of benzene rings is 1. The number of rotatable bonds is 5. The molecule has 0 aliphatic carbocycles. The second-order valence-electron chi connectivity index (χ2n) is 4.09. The van der Waals surface area contributed by atoms with Gasteiger partial charge < -0.3 is 21.9 Å². The summed E-state index contributed by atoms with van der Waals surface area (Å²) in [5, 5.41) is 10.3. The van der Waals surface area contributed by atoms with Crippen molar-refractivity contribution in [3.63, 3.8) is 0 Å². The summed E-state index contributed by atoms with van der Waals surface area (Å²) in [5.41, 5.74) is 18.4. The molecule has 11 nitrogen and oxygen atoms in total. The molecule has 0 aliphatic heterocycles. The van der Waals surface area contributed by atoms with Crippen molar-refractivity contribution in [1.82, 2.24) is 10.5 Å². The summed E-state index contributed by atoms with van der Waals surface area (Å²) in [6, 6.07) is 2.54. The lowest BCUT2D eigenvalue weighted by molar-refractivity contribution is -0.640. The standard InChI is InChI=1S/C11H16ClN7O4/c1-23-9-5-8(14)7(12)4-6(9)10(20)17-18(19(21)22)11(15)16-3-2-13/h4-5H,2-3,13-14H2,1H3,(H2,15,16)(H,17,20). The Bertz CT molecular complexity index is 637. The zero-order valence-corrected chi connectivity index (χ0v) is 12.9. The van der Waals surface area contributed by atoms with Crippen LogP contribution < -0.4 is 27.4 Å². The molecule has 1 rings (SSSR count). The van der Waals surface area contributed by atoms with Crippen molar-refractivity contribution >= 4 is 29.2 Å². The molecule has 0 fully saturated rings. The number of guanidine groups is 1. The van der Waals surface area contributed by atoms with E-state index in [-0.39, 0.29) is 40.2 Å². The minimum atomic E-state index is -0.946. The number of carbonyl (C=O) groups excluding carboxylic acids is 1. The number of methoxy groups -OCH3 is 1. The van der Waals surface area contributed by atoms with Crippen molar-refractivity contribution in [2.45, 2.75) is 0 Å². The predicted octanol–water partition coefficient (Wildman–Crippen LogP) is -0.657. The first-order valence-corrected chi connectivity index (χ1v) is 6.58. The number of halogens is 1. The van der Waals surface area contributed by atoms with Gasteiger partial charge in [-0.2, -0.15) is 0 Å². The Labute approximate surface area is 136 Å². The van der Waals surface area contributed by atoms with Crippen molar-refractivity contribution in [2.75, 3.05) is 25.9 Å². The van der Waals surface area contributed by atoms with Gasteiger partial charge in [-0.05, 0) is 6.07 Å². The topological polar surface area (TPSA) is 175 Å². The molecule has 0 saturated heterocycles. The van der Waals surface area contributed by atoms with Crippen LogP contribution in [0.5, 0.6) is 5.75 Å². The third kappa shape index (κ3) is 4.59.